The second-order valence-corrected chi connectivity index (χ2v) is 16.0. The van der Waals surface area contributed by atoms with Crippen LogP contribution in [-0.4, -0.2) is 35.2 Å². The zero-order valence-corrected chi connectivity index (χ0v) is 33.7. The Morgan fingerprint density at radius 2 is 1.15 bits per heavy atom. The third-order valence-corrected chi connectivity index (χ3v) is 12.1. The molecule has 0 bridgehead atoms. The minimum atomic E-state index is 0.0856. The van der Waals surface area contributed by atoms with Crippen LogP contribution in [0, 0.1) is 39.5 Å². The van der Waals surface area contributed by atoms with E-state index in [9.17, 15) is 14.4 Å². The van der Waals surface area contributed by atoms with E-state index in [0.717, 1.165) is 89.9 Å². The molecule has 0 saturated heterocycles. The van der Waals surface area contributed by atoms with Gasteiger partial charge in [0, 0.05) is 73.1 Å². The van der Waals surface area contributed by atoms with Gasteiger partial charge < -0.3 is 23.9 Å². The maximum atomic E-state index is 12.7. The molecular formula is C47H59N3O5. The highest BCUT2D eigenvalue weighted by atomic mass is 16.5. The fourth-order valence-electron chi connectivity index (χ4n) is 8.60. The lowest BCUT2D eigenvalue weighted by atomic mass is 9.84. The molecule has 3 aromatic carbocycles. The van der Waals surface area contributed by atoms with Crippen molar-refractivity contribution in [2.24, 2.45) is 11.8 Å². The van der Waals surface area contributed by atoms with Gasteiger partial charge in [0.15, 0.2) is 0 Å². The standard InChI is InChI=1S/C28H36N2O3.C19H23NO2/c1-19-5-12-25-20(2)16-28(31)30(26(25)15-19)14-13-21-6-9-23(10-7-21)29-18-22-8-11-24(32-3)17-27(22)33-4;1-13-3-8-17-14(2)12-19(22)20(18(17)11-13)10-9-15-4-6-16(21)7-5-15/h5,8,11-12,15-17,21,23,29H,6-7,9-10,13-14,18H2,1-4H3;3,8,11-12,15H,4-7,9-10H2,1-2H3. The number of aryl methyl sites for hydroxylation is 6. The maximum Gasteiger partial charge on any atom is 0.251 e. The minimum Gasteiger partial charge on any atom is -0.497 e. The summed E-state index contributed by atoms with van der Waals surface area (Å²) in [6.45, 7) is 10.5. The summed E-state index contributed by atoms with van der Waals surface area (Å²) in [5.74, 6) is 3.32. The van der Waals surface area contributed by atoms with Gasteiger partial charge in [0.25, 0.3) is 11.1 Å². The molecule has 0 spiro atoms. The van der Waals surface area contributed by atoms with Crippen molar-refractivity contribution in [2.75, 3.05) is 14.2 Å². The Hall–Kier alpha value is -4.69. The highest BCUT2D eigenvalue weighted by Crippen LogP contribution is 2.30. The van der Waals surface area contributed by atoms with Crippen molar-refractivity contribution in [1.29, 1.82) is 0 Å². The molecule has 2 aliphatic rings. The smallest absolute Gasteiger partial charge is 0.251 e. The Bertz CT molecular complexity index is 2230. The summed E-state index contributed by atoms with van der Waals surface area (Å²) in [5.41, 5.74) is 7.94. The lowest BCUT2D eigenvalue weighted by molar-refractivity contribution is -0.121. The Morgan fingerprint density at radius 3 is 1.65 bits per heavy atom. The molecule has 0 aliphatic heterocycles. The number of methoxy groups -OCH3 is 2. The first-order valence-electron chi connectivity index (χ1n) is 20.2. The molecule has 2 aromatic heterocycles. The van der Waals surface area contributed by atoms with Crippen molar-refractivity contribution in [3.05, 3.63) is 115 Å². The van der Waals surface area contributed by atoms with Gasteiger partial charge in [-0.15, -0.1) is 0 Å². The number of Topliss-reactive ketones (excluding diaryl/α,β-unsaturated/α-hetero) is 1. The third kappa shape index (κ3) is 9.95. The first kappa shape index (κ1) is 40.0. The molecule has 7 rings (SSSR count). The number of aromatic nitrogens is 2. The molecule has 0 unspecified atom stereocenters. The van der Waals surface area contributed by atoms with Crippen molar-refractivity contribution in [2.45, 2.75) is 118 Å². The number of fused-ring (bicyclic) bond motifs is 2. The Balaban J connectivity index is 0.000000203. The lowest BCUT2D eigenvalue weighted by Crippen LogP contribution is -2.33. The number of hydrogen-bond donors (Lipinski definition) is 1. The van der Waals surface area contributed by atoms with E-state index in [1.54, 1.807) is 26.4 Å². The predicted octanol–water partition coefficient (Wildman–Crippen LogP) is 9.14. The van der Waals surface area contributed by atoms with Crippen molar-refractivity contribution < 1.29 is 14.3 Å². The van der Waals surface area contributed by atoms with Crippen LogP contribution in [0.4, 0.5) is 0 Å². The minimum absolute atomic E-state index is 0.0856. The number of benzene rings is 3. The van der Waals surface area contributed by atoms with Crippen LogP contribution in [0.25, 0.3) is 21.8 Å². The van der Waals surface area contributed by atoms with E-state index in [1.165, 1.54) is 42.2 Å². The maximum absolute atomic E-state index is 12.7. The van der Waals surface area contributed by atoms with E-state index in [4.69, 9.17) is 9.47 Å². The molecular weight excluding hydrogens is 687 g/mol. The molecule has 8 heteroatoms. The summed E-state index contributed by atoms with van der Waals surface area (Å²) >= 11 is 0. The fourth-order valence-corrected chi connectivity index (χ4v) is 8.60. The number of hydrogen-bond acceptors (Lipinski definition) is 6. The fraction of sp³-hybridized carbons (Fsp3) is 0.468. The number of pyridine rings is 2. The van der Waals surface area contributed by atoms with Gasteiger partial charge in [0.2, 0.25) is 0 Å². The average Bonchev–Trinajstić information content (AvgIpc) is 3.18. The predicted molar refractivity (Wildman–Crippen MR) is 224 cm³/mol. The number of carbonyl (C=O) groups is 1. The number of rotatable bonds is 11. The van der Waals surface area contributed by atoms with E-state index < -0.39 is 0 Å². The van der Waals surface area contributed by atoms with Gasteiger partial charge in [-0.1, -0.05) is 30.3 Å². The van der Waals surface area contributed by atoms with Gasteiger partial charge in [-0.05, 0) is 131 Å². The first-order valence-corrected chi connectivity index (χ1v) is 20.2. The van der Waals surface area contributed by atoms with Crippen LogP contribution >= 0.6 is 0 Å². The molecule has 1 N–H and O–H groups in total. The second-order valence-electron chi connectivity index (χ2n) is 16.0. The van der Waals surface area contributed by atoms with Crippen molar-refractivity contribution >= 4 is 27.6 Å². The molecule has 292 valence electrons. The van der Waals surface area contributed by atoms with Crippen molar-refractivity contribution in [1.82, 2.24) is 14.5 Å². The summed E-state index contributed by atoms with van der Waals surface area (Å²) in [7, 11) is 3.37. The SMILES string of the molecule is COc1ccc(CNC2CCC(CCn3c(=O)cc(C)c4ccc(C)cc43)CC2)c(OC)c1.Cc1ccc2c(C)cc(=O)n(CCC3CCC(=O)CC3)c2c1. The van der Waals surface area contributed by atoms with E-state index >= 15 is 0 Å². The monoisotopic (exact) mass is 745 g/mol. The van der Waals surface area contributed by atoms with Gasteiger partial charge in [-0.2, -0.15) is 0 Å². The van der Waals surface area contributed by atoms with Gasteiger partial charge in [-0.3, -0.25) is 14.4 Å². The highest BCUT2D eigenvalue weighted by Gasteiger charge is 2.22. The summed E-state index contributed by atoms with van der Waals surface area (Å²) < 4.78 is 14.7. The molecule has 0 atom stereocenters. The molecule has 2 aliphatic carbocycles. The molecule has 55 heavy (non-hydrogen) atoms. The molecule has 5 aromatic rings. The van der Waals surface area contributed by atoms with Crippen molar-refractivity contribution in [3.8, 4) is 11.5 Å². The van der Waals surface area contributed by atoms with Gasteiger partial charge in [-0.25, -0.2) is 0 Å². The average molecular weight is 746 g/mol. The molecule has 0 amide bonds. The summed E-state index contributed by atoms with van der Waals surface area (Å²) in [6, 6.07) is 22.8. The Labute approximate surface area is 325 Å². The van der Waals surface area contributed by atoms with Gasteiger partial charge >= 0.3 is 0 Å². The summed E-state index contributed by atoms with van der Waals surface area (Å²) in [6.07, 6.45) is 10.2. The van der Waals surface area contributed by atoms with Crippen LogP contribution in [0.3, 0.4) is 0 Å². The van der Waals surface area contributed by atoms with E-state index in [-0.39, 0.29) is 11.1 Å². The molecule has 2 saturated carbocycles. The Morgan fingerprint density at radius 1 is 0.618 bits per heavy atom. The van der Waals surface area contributed by atoms with Gasteiger partial charge in [0.1, 0.15) is 17.3 Å². The van der Waals surface area contributed by atoms with Gasteiger partial charge in [0.05, 0.1) is 25.3 Å². The first-order chi connectivity index (χ1) is 26.5. The van der Waals surface area contributed by atoms with Crippen LogP contribution < -0.4 is 25.9 Å². The van der Waals surface area contributed by atoms with Crippen LogP contribution in [0.1, 0.15) is 92.0 Å². The lowest BCUT2D eigenvalue weighted by Gasteiger charge is -2.29. The van der Waals surface area contributed by atoms with Crippen LogP contribution in [0.15, 0.2) is 76.3 Å². The van der Waals surface area contributed by atoms with Crippen LogP contribution in [0.5, 0.6) is 11.5 Å². The second kappa shape index (κ2) is 18.3. The normalized spacial score (nSPS) is 17.6. The number of carbonyl (C=O) groups excluding carboxylic acids is 1. The number of ketones is 1. The quantitative estimate of drug-likeness (QED) is 0.145. The summed E-state index contributed by atoms with van der Waals surface area (Å²) in [4.78, 5) is 36.5. The number of ether oxygens (including phenoxy) is 2. The topological polar surface area (TPSA) is 91.6 Å². The zero-order chi connectivity index (χ0) is 39.1. The highest BCUT2D eigenvalue weighted by molar-refractivity contribution is 5.84. The molecule has 2 fully saturated rings. The zero-order valence-electron chi connectivity index (χ0n) is 33.7. The molecule has 2 heterocycles. The third-order valence-electron chi connectivity index (χ3n) is 12.1. The number of nitrogens with zero attached hydrogens (tertiary/aromatic N) is 2. The van der Waals surface area contributed by atoms with Crippen LogP contribution in [-0.2, 0) is 24.4 Å². The largest absolute Gasteiger partial charge is 0.497 e. The van der Waals surface area contributed by atoms with E-state index in [1.807, 2.05) is 35.1 Å². The van der Waals surface area contributed by atoms with Crippen LogP contribution in [0.2, 0.25) is 0 Å². The number of nitrogens with one attached hydrogen (secondary N) is 1. The molecule has 0 radical (unpaired) electrons. The van der Waals surface area contributed by atoms with E-state index in [2.05, 4.69) is 61.6 Å². The molecule has 8 nitrogen and oxygen atoms in total. The Kier molecular flexibility index (Phi) is 13.3. The van der Waals surface area contributed by atoms with Crippen molar-refractivity contribution in [3.63, 3.8) is 0 Å². The van der Waals surface area contributed by atoms with E-state index in [0.29, 0.717) is 36.5 Å². The summed E-state index contributed by atoms with van der Waals surface area (Å²) in [5, 5.41) is 6.05.